The van der Waals surface area contributed by atoms with Crippen LogP contribution in [-0.2, 0) is 0 Å². The van der Waals surface area contributed by atoms with Gasteiger partial charge in [-0.25, -0.2) is 44.9 Å². The SMILES string of the molecule is CC.CC.Cc1ccc(-c2nc3cc4c(cc3o2)NC(C)O4)cc1.Cc1ccc(-c2nc3cc4nc(C)oc4cc3o2)cc1.Cc1ccc(-c2nc3cc4nc(C)sc4cc3s2)cc1.Cc1ccc(-c2nc3cc4sc(C)nc4cc3s2)cc1.Cc1nc2ccccc2o1.Cc1nc2ccccc2s1. The van der Waals surface area contributed by atoms with Crippen LogP contribution in [0.3, 0.4) is 0 Å². The Morgan fingerprint density at radius 1 is 0.298 bits per heavy atom. The molecule has 19 aromatic rings. The van der Waals surface area contributed by atoms with Gasteiger partial charge in [-0.2, -0.15) is 0 Å². The fraction of sp³-hybridized carbons (Fsp3) is 0.179. The minimum atomic E-state index is -0.00641. The summed E-state index contributed by atoms with van der Waals surface area (Å²) in [6, 6.07) is 65.5. The molecular formula is C84H76N10O5S5. The Bertz CT molecular complexity index is 5430. The van der Waals surface area contributed by atoms with Crippen molar-refractivity contribution in [2.45, 2.75) is 103 Å². The summed E-state index contributed by atoms with van der Waals surface area (Å²) in [6.45, 7) is 28.1. The van der Waals surface area contributed by atoms with Gasteiger partial charge < -0.3 is 27.7 Å². The molecule has 1 aliphatic heterocycles. The summed E-state index contributed by atoms with van der Waals surface area (Å²) in [6.07, 6.45) is -0.00641. The number of fused-ring (bicyclic) bond motifs is 10. The lowest BCUT2D eigenvalue weighted by Crippen LogP contribution is -2.13. The van der Waals surface area contributed by atoms with Gasteiger partial charge in [-0.15, -0.1) is 56.7 Å². The number of oxazole rings is 4. The number of anilines is 1. The van der Waals surface area contributed by atoms with Crippen molar-refractivity contribution in [2.75, 3.05) is 5.32 Å². The molecule has 0 bridgehead atoms. The van der Waals surface area contributed by atoms with E-state index in [1.165, 1.54) is 56.9 Å². The first-order chi connectivity index (χ1) is 50.5. The van der Waals surface area contributed by atoms with Crippen LogP contribution >= 0.6 is 56.7 Å². The fourth-order valence-corrected chi connectivity index (χ4v) is 15.8. The molecule has 0 aliphatic carbocycles. The van der Waals surface area contributed by atoms with Crippen molar-refractivity contribution < 1.29 is 22.4 Å². The van der Waals surface area contributed by atoms with Gasteiger partial charge in [0.2, 0.25) is 11.8 Å². The van der Waals surface area contributed by atoms with E-state index >= 15 is 0 Å². The van der Waals surface area contributed by atoms with Gasteiger partial charge in [0.25, 0.3) is 0 Å². The largest absolute Gasteiger partial charge is 0.469 e. The molecule has 0 spiro atoms. The standard InChI is InChI=1S/C16H14N2O2.C16H12N2O2.2C16H12N2S2.C8H7NO.C8H7NS.2C2H6/c1-9-3-5-11(6-4-9)16-18-13-8-14-12(7-15(13)20-16)17-10(2)19-14;1-9-3-5-11(6-4-9)16-18-13-7-12-14(8-15(13)20-16)19-10(2)17-12;1-9-3-5-11(6-4-9)16-18-13-8-14-12(7-15(13)20-16)17-10(2)19-14;1-9-3-5-11(6-4-9)16-18-13-7-12-14(8-15(13)20-16)19-10(2)17-12;2*1-6-9-7-4-2-3-5-8(7)10-6;2*1-2/h3-8,10,17H,1-2H3;3*3-8H,1-2H3;2*2-5H,1H3;2*1-2H3. The first-order valence-corrected chi connectivity index (χ1v) is 38.4. The van der Waals surface area contributed by atoms with Crippen molar-refractivity contribution >= 4 is 158 Å². The number of hydrogen-bond acceptors (Lipinski definition) is 20. The average molecular weight is 1470 g/mol. The predicted octanol–water partition coefficient (Wildman–Crippen LogP) is 25.4. The van der Waals surface area contributed by atoms with Crippen molar-refractivity contribution in [3.05, 3.63) is 243 Å². The Morgan fingerprint density at radius 2 is 0.683 bits per heavy atom. The fourth-order valence-electron chi connectivity index (χ4n) is 11.3. The van der Waals surface area contributed by atoms with Crippen LogP contribution in [0, 0.1) is 62.3 Å². The quantitative estimate of drug-likeness (QED) is 0.175. The van der Waals surface area contributed by atoms with Gasteiger partial charge in [0.15, 0.2) is 40.3 Å². The van der Waals surface area contributed by atoms with Crippen LogP contribution in [0.5, 0.6) is 5.75 Å². The highest BCUT2D eigenvalue weighted by Crippen LogP contribution is 2.39. The Hall–Kier alpha value is -10.9. The molecule has 0 amide bonds. The topological polar surface area (TPSA) is 190 Å². The summed E-state index contributed by atoms with van der Waals surface area (Å²) in [5.74, 6) is 3.45. The lowest BCUT2D eigenvalue weighted by molar-refractivity contribution is 0.275. The second-order valence-electron chi connectivity index (χ2n) is 24.2. The molecule has 20 heteroatoms. The third kappa shape index (κ3) is 16.6. The lowest BCUT2D eigenvalue weighted by atomic mass is 10.1. The summed E-state index contributed by atoms with van der Waals surface area (Å²) < 4.78 is 34.3. The molecule has 10 aromatic carbocycles. The number of para-hydroxylation sites is 3. The second-order valence-corrected chi connectivity index (χ2v) is 30.0. The number of aryl methyl sites for hydroxylation is 9. The zero-order valence-electron chi connectivity index (χ0n) is 60.2. The Kier molecular flexibility index (Phi) is 21.9. The Morgan fingerprint density at radius 3 is 1.23 bits per heavy atom. The van der Waals surface area contributed by atoms with Crippen LogP contribution in [-0.4, -0.2) is 51.1 Å². The molecule has 0 saturated carbocycles. The molecule has 0 fully saturated rings. The Labute approximate surface area is 622 Å². The van der Waals surface area contributed by atoms with E-state index in [4.69, 9.17) is 32.4 Å². The maximum absolute atomic E-state index is 5.85. The van der Waals surface area contributed by atoms with Crippen molar-refractivity contribution in [3.63, 3.8) is 0 Å². The number of benzene rings is 10. The maximum atomic E-state index is 5.85. The predicted molar refractivity (Wildman–Crippen MR) is 436 cm³/mol. The normalized spacial score (nSPS) is 12.0. The third-order valence-electron chi connectivity index (χ3n) is 16.2. The van der Waals surface area contributed by atoms with Crippen molar-refractivity contribution in [1.29, 1.82) is 0 Å². The van der Waals surface area contributed by atoms with E-state index in [2.05, 4.69) is 159 Å². The van der Waals surface area contributed by atoms with Crippen molar-refractivity contribution in [3.8, 4) is 49.8 Å². The van der Waals surface area contributed by atoms with Gasteiger partial charge in [-0.05, 0) is 134 Å². The summed E-state index contributed by atoms with van der Waals surface area (Å²) in [5, 5.41) is 8.75. The van der Waals surface area contributed by atoms with Gasteiger partial charge in [0.05, 0.1) is 71.8 Å². The molecule has 1 unspecified atom stereocenters. The molecular weight excluding hydrogens is 1390 g/mol. The first kappa shape index (κ1) is 71.5. The molecule has 1 aliphatic rings. The second kappa shape index (κ2) is 31.8. The highest BCUT2D eigenvalue weighted by atomic mass is 32.1. The van der Waals surface area contributed by atoms with Gasteiger partial charge in [0, 0.05) is 54.3 Å². The molecule has 10 heterocycles. The van der Waals surface area contributed by atoms with E-state index in [0.717, 1.165) is 120 Å². The van der Waals surface area contributed by atoms with Gasteiger partial charge in [0.1, 0.15) is 37.8 Å². The van der Waals surface area contributed by atoms with Crippen LogP contribution in [0.4, 0.5) is 5.69 Å². The molecule has 1 N–H and O–H groups in total. The van der Waals surface area contributed by atoms with Crippen molar-refractivity contribution in [2.24, 2.45) is 0 Å². The van der Waals surface area contributed by atoms with Gasteiger partial charge >= 0.3 is 0 Å². The highest BCUT2D eigenvalue weighted by Gasteiger charge is 2.21. The smallest absolute Gasteiger partial charge is 0.227 e. The molecule has 20 rings (SSSR count). The van der Waals surface area contributed by atoms with E-state index in [-0.39, 0.29) is 6.23 Å². The first-order valence-electron chi connectivity index (χ1n) is 34.3. The maximum Gasteiger partial charge on any atom is 0.227 e. The van der Waals surface area contributed by atoms with E-state index in [0.29, 0.717) is 23.3 Å². The summed E-state index contributed by atoms with van der Waals surface area (Å²) in [5.41, 5.74) is 22.0. The molecule has 0 saturated heterocycles. The van der Waals surface area contributed by atoms with Crippen LogP contribution in [0.2, 0.25) is 0 Å². The van der Waals surface area contributed by atoms with Crippen LogP contribution in [0.15, 0.2) is 212 Å². The van der Waals surface area contributed by atoms with E-state index in [9.17, 15) is 0 Å². The zero-order chi connectivity index (χ0) is 72.7. The average Bonchev–Trinajstić information content (AvgIpc) is 1.65. The van der Waals surface area contributed by atoms with Gasteiger partial charge in [-0.3, -0.25) is 0 Å². The number of ether oxygens (including phenoxy) is 1. The summed E-state index contributed by atoms with van der Waals surface area (Å²) >= 11 is 8.69. The lowest BCUT2D eigenvalue weighted by Gasteiger charge is -2.00. The van der Waals surface area contributed by atoms with Crippen LogP contribution in [0.1, 0.15) is 83.7 Å². The molecule has 1 atom stereocenters. The summed E-state index contributed by atoms with van der Waals surface area (Å²) in [7, 11) is 0. The minimum Gasteiger partial charge on any atom is -0.469 e. The van der Waals surface area contributed by atoms with Crippen LogP contribution in [0.25, 0.3) is 140 Å². The molecule has 522 valence electrons. The number of rotatable bonds is 4. The molecule has 15 nitrogen and oxygen atoms in total. The number of aromatic nitrogens is 9. The van der Waals surface area contributed by atoms with Crippen LogP contribution < -0.4 is 10.1 Å². The molecule has 104 heavy (non-hydrogen) atoms. The number of nitrogens with zero attached hydrogens (tertiary/aromatic N) is 9. The van der Waals surface area contributed by atoms with E-state index < -0.39 is 0 Å². The monoisotopic (exact) mass is 1460 g/mol. The van der Waals surface area contributed by atoms with Gasteiger partial charge in [-0.1, -0.05) is 147 Å². The third-order valence-corrected chi connectivity index (χ3v) is 21.1. The number of nitrogens with one attached hydrogen (secondary N) is 1. The minimum absolute atomic E-state index is 0.00641. The number of hydrogen-bond donors (Lipinski definition) is 1. The van der Waals surface area contributed by atoms with E-state index in [1.54, 1.807) is 56.7 Å². The molecule has 0 radical (unpaired) electrons. The summed E-state index contributed by atoms with van der Waals surface area (Å²) in [4.78, 5) is 40.5. The number of thiazole rings is 5. The zero-order valence-corrected chi connectivity index (χ0v) is 64.2. The Balaban J connectivity index is 0.000000112. The van der Waals surface area contributed by atoms with Crippen molar-refractivity contribution in [1.82, 2.24) is 44.9 Å². The molecule has 9 aromatic heterocycles. The van der Waals surface area contributed by atoms with E-state index in [1.807, 2.05) is 172 Å². The highest BCUT2D eigenvalue weighted by molar-refractivity contribution is 7.23.